The Morgan fingerprint density at radius 3 is 2.73 bits per heavy atom. The standard InChI is InChI=1S/C16H22N6O3S/c1-11-15(22(24)25)12(2)21(19-11)9-14(23)18-16-17-13(10-26-16)8-20-6-4-3-5-7-20/h10H,3-9H2,1-2H3,(H,17,18,23). The number of amides is 1. The summed E-state index contributed by atoms with van der Waals surface area (Å²) in [5.41, 5.74) is 1.58. The van der Waals surface area contributed by atoms with E-state index in [2.05, 4.69) is 20.3 Å². The van der Waals surface area contributed by atoms with Gasteiger partial charge in [-0.05, 0) is 39.8 Å². The lowest BCUT2D eigenvalue weighted by Gasteiger charge is -2.25. The van der Waals surface area contributed by atoms with Crippen molar-refractivity contribution < 1.29 is 9.72 Å². The second-order valence-electron chi connectivity index (χ2n) is 6.46. The monoisotopic (exact) mass is 378 g/mol. The predicted octanol–water partition coefficient (Wildman–Crippen LogP) is 2.49. The van der Waals surface area contributed by atoms with Crippen molar-refractivity contribution in [1.29, 1.82) is 0 Å². The first-order chi connectivity index (χ1) is 12.4. The first kappa shape index (κ1) is 18.5. The summed E-state index contributed by atoms with van der Waals surface area (Å²) >= 11 is 1.39. The molecule has 1 saturated heterocycles. The molecule has 1 amide bonds. The van der Waals surface area contributed by atoms with Crippen molar-refractivity contribution in [2.24, 2.45) is 0 Å². The van der Waals surface area contributed by atoms with E-state index in [-0.39, 0.29) is 18.1 Å². The van der Waals surface area contributed by atoms with Crippen molar-refractivity contribution in [3.63, 3.8) is 0 Å². The Morgan fingerprint density at radius 1 is 1.35 bits per heavy atom. The molecule has 1 aliphatic rings. The number of anilines is 1. The summed E-state index contributed by atoms with van der Waals surface area (Å²) in [5, 5.41) is 20.4. The number of rotatable bonds is 6. The molecule has 0 unspecified atom stereocenters. The van der Waals surface area contributed by atoms with Crippen LogP contribution in [-0.4, -0.2) is 43.6 Å². The summed E-state index contributed by atoms with van der Waals surface area (Å²) < 4.78 is 1.35. The lowest BCUT2D eigenvalue weighted by molar-refractivity contribution is -0.386. The van der Waals surface area contributed by atoms with Crippen LogP contribution in [0.3, 0.4) is 0 Å². The molecule has 0 spiro atoms. The number of hydrogen-bond acceptors (Lipinski definition) is 7. The van der Waals surface area contributed by atoms with Crippen LogP contribution in [0.25, 0.3) is 0 Å². The third kappa shape index (κ3) is 4.25. The first-order valence-electron chi connectivity index (χ1n) is 8.59. The molecule has 2 aromatic heterocycles. The van der Waals surface area contributed by atoms with E-state index in [0.717, 1.165) is 25.3 Å². The van der Waals surface area contributed by atoms with Gasteiger partial charge in [0.15, 0.2) is 5.13 Å². The van der Waals surface area contributed by atoms with E-state index < -0.39 is 4.92 Å². The van der Waals surface area contributed by atoms with Crippen molar-refractivity contribution in [2.75, 3.05) is 18.4 Å². The molecule has 0 radical (unpaired) electrons. The summed E-state index contributed by atoms with van der Waals surface area (Å²) in [5.74, 6) is -0.302. The fraction of sp³-hybridized carbons (Fsp3) is 0.562. The molecule has 140 valence electrons. The molecular formula is C16H22N6O3S. The highest BCUT2D eigenvalue weighted by Crippen LogP contribution is 2.22. The van der Waals surface area contributed by atoms with Gasteiger partial charge in [0.1, 0.15) is 17.9 Å². The molecule has 1 N–H and O–H groups in total. The van der Waals surface area contributed by atoms with E-state index in [1.54, 1.807) is 13.8 Å². The number of carbonyl (C=O) groups is 1. The second kappa shape index (κ2) is 7.92. The number of hydrogen-bond donors (Lipinski definition) is 1. The number of thiazole rings is 1. The number of piperidine rings is 1. The van der Waals surface area contributed by atoms with Gasteiger partial charge in [-0.1, -0.05) is 6.42 Å². The van der Waals surface area contributed by atoms with E-state index >= 15 is 0 Å². The fourth-order valence-corrected chi connectivity index (χ4v) is 3.90. The molecule has 9 nitrogen and oxygen atoms in total. The number of likely N-dealkylation sites (tertiary alicyclic amines) is 1. The lowest BCUT2D eigenvalue weighted by Crippen LogP contribution is -2.29. The molecule has 3 heterocycles. The van der Waals surface area contributed by atoms with Gasteiger partial charge in [-0.15, -0.1) is 11.3 Å². The Balaban J connectivity index is 1.58. The minimum atomic E-state index is -0.472. The van der Waals surface area contributed by atoms with Crippen LogP contribution in [0.4, 0.5) is 10.8 Å². The Kier molecular flexibility index (Phi) is 5.62. The third-order valence-electron chi connectivity index (χ3n) is 4.45. The summed E-state index contributed by atoms with van der Waals surface area (Å²) in [6.45, 7) is 6.06. The smallest absolute Gasteiger partial charge is 0.300 e. The molecule has 3 rings (SSSR count). The maximum atomic E-state index is 12.2. The van der Waals surface area contributed by atoms with Crippen LogP contribution in [0.1, 0.15) is 36.3 Å². The molecule has 0 saturated carbocycles. The van der Waals surface area contributed by atoms with E-state index in [4.69, 9.17) is 0 Å². The maximum absolute atomic E-state index is 12.2. The lowest BCUT2D eigenvalue weighted by atomic mass is 10.1. The molecule has 0 aliphatic carbocycles. The third-order valence-corrected chi connectivity index (χ3v) is 5.26. The van der Waals surface area contributed by atoms with Gasteiger partial charge in [0.2, 0.25) is 5.91 Å². The van der Waals surface area contributed by atoms with Gasteiger partial charge in [0.25, 0.3) is 0 Å². The maximum Gasteiger partial charge on any atom is 0.312 e. The van der Waals surface area contributed by atoms with Crippen LogP contribution in [0, 0.1) is 24.0 Å². The average Bonchev–Trinajstić information content (AvgIpc) is 3.12. The molecule has 10 heteroatoms. The van der Waals surface area contributed by atoms with Crippen LogP contribution in [-0.2, 0) is 17.9 Å². The Labute approximate surface area is 155 Å². The Morgan fingerprint density at radius 2 is 2.08 bits per heavy atom. The van der Waals surface area contributed by atoms with Crippen molar-refractivity contribution in [3.05, 3.63) is 32.6 Å². The predicted molar refractivity (Wildman–Crippen MR) is 98.2 cm³/mol. The molecule has 0 atom stereocenters. The zero-order valence-electron chi connectivity index (χ0n) is 14.9. The number of nitrogens with zero attached hydrogens (tertiary/aromatic N) is 5. The van der Waals surface area contributed by atoms with Crippen molar-refractivity contribution in [2.45, 2.75) is 46.2 Å². The van der Waals surface area contributed by atoms with E-state index in [1.165, 1.54) is 35.3 Å². The molecular weight excluding hydrogens is 356 g/mol. The zero-order valence-corrected chi connectivity index (χ0v) is 15.7. The van der Waals surface area contributed by atoms with Crippen molar-refractivity contribution in [1.82, 2.24) is 19.7 Å². The SMILES string of the molecule is Cc1nn(CC(=O)Nc2nc(CN3CCCCC3)cs2)c(C)c1[N+](=O)[O-]. The number of nitrogens with one attached hydrogen (secondary N) is 1. The van der Waals surface area contributed by atoms with Gasteiger partial charge < -0.3 is 5.32 Å². The Hall–Kier alpha value is -2.33. The largest absolute Gasteiger partial charge is 0.312 e. The van der Waals surface area contributed by atoms with Crippen molar-refractivity contribution >= 4 is 28.1 Å². The van der Waals surface area contributed by atoms with E-state index in [0.29, 0.717) is 16.5 Å². The summed E-state index contributed by atoms with van der Waals surface area (Å²) in [4.78, 5) is 29.6. The van der Waals surface area contributed by atoms with Crippen LogP contribution >= 0.6 is 11.3 Å². The number of aryl methyl sites for hydroxylation is 1. The molecule has 0 aromatic carbocycles. The second-order valence-corrected chi connectivity index (χ2v) is 7.32. The van der Waals surface area contributed by atoms with Gasteiger partial charge in [-0.3, -0.25) is 24.5 Å². The summed E-state index contributed by atoms with van der Waals surface area (Å²) in [7, 11) is 0. The topological polar surface area (TPSA) is 106 Å². The van der Waals surface area contributed by atoms with Crippen LogP contribution in [0.2, 0.25) is 0 Å². The van der Waals surface area contributed by atoms with Crippen LogP contribution < -0.4 is 5.32 Å². The van der Waals surface area contributed by atoms with Gasteiger partial charge in [-0.2, -0.15) is 5.10 Å². The van der Waals surface area contributed by atoms with E-state index in [9.17, 15) is 14.9 Å². The zero-order chi connectivity index (χ0) is 18.7. The summed E-state index contributed by atoms with van der Waals surface area (Å²) in [6.07, 6.45) is 3.74. The molecule has 2 aromatic rings. The Bertz CT molecular complexity index is 809. The van der Waals surface area contributed by atoms with Crippen molar-refractivity contribution in [3.8, 4) is 0 Å². The van der Waals surface area contributed by atoms with Crippen LogP contribution in [0.15, 0.2) is 5.38 Å². The molecule has 1 fully saturated rings. The van der Waals surface area contributed by atoms with Gasteiger partial charge in [0, 0.05) is 11.9 Å². The van der Waals surface area contributed by atoms with Gasteiger partial charge in [-0.25, -0.2) is 4.98 Å². The fourth-order valence-electron chi connectivity index (χ4n) is 3.18. The highest BCUT2D eigenvalue weighted by molar-refractivity contribution is 7.13. The first-order valence-corrected chi connectivity index (χ1v) is 9.47. The minimum absolute atomic E-state index is 0.0455. The molecule has 26 heavy (non-hydrogen) atoms. The highest BCUT2D eigenvalue weighted by atomic mass is 32.1. The molecule has 0 bridgehead atoms. The van der Waals surface area contributed by atoms with Gasteiger partial charge >= 0.3 is 5.69 Å². The normalized spacial score (nSPS) is 15.2. The highest BCUT2D eigenvalue weighted by Gasteiger charge is 2.23. The molecule has 1 aliphatic heterocycles. The number of nitro groups is 1. The number of aromatic nitrogens is 3. The minimum Gasteiger partial charge on any atom is -0.300 e. The van der Waals surface area contributed by atoms with Crippen LogP contribution in [0.5, 0.6) is 0 Å². The quantitative estimate of drug-likeness (QED) is 0.611. The number of carbonyl (C=O) groups excluding carboxylic acids is 1. The summed E-state index contributed by atoms with van der Waals surface area (Å²) in [6, 6.07) is 0. The average molecular weight is 378 g/mol. The van der Waals surface area contributed by atoms with E-state index in [1.807, 2.05) is 5.38 Å². The van der Waals surface area contributed by atoms with Gasteiger partial charge in [0.05, 0.1) is 10.6 Å².